The maximum Gasteiger partial charge on any atom is 0.276 e. The van der Waals surface area contributed by atoms with Crippen molar-refractivity contribution in [1.29, 1.82) is 0 Å². The zero-order chi connectivity index (χ0) is 33.6. The van der Waals surface area contributed by atoms with Gasteiger partial charge in [-0.3, -0.25) is 14.4 Å². The van der Waals surface area contributed by atoms with Gasteiger partial charge in [-0.2, -0.15) is 0 Å². The fourth-order valence-electron chi connectivity index (χ4n) is 6.02. The van der Waals surface area contributed by atoms with Crippen molar-refractivity contribution >= 4 is 33.4 Å². The minimum absolute atomic E-state index is 0.00775. The molecule has 1 aliphatic heterocycles. The molecule has 0 bridgehead atoms. The van der Waals surface area contributed by atoms with Crippen molar-refractivity contribution in [2.75, 3.05) is 44.3 Å². The molecule has 1 saturated heterocycles. The number of nitrogens with one attached hydrogen (secondary N) is 3. The Morgan fingerprint density at radius 2 is 1.74 bits per heavy atom. The van der Waals surface area contributed by atoms with Gasteiger partial charge in [0.05, 0.1) is 11.4 Å². The minimum atomic E-state index is -3.76. The van der Waals surface area contributed by atoms with Crippen molar-refractivity contribution in [2.45, 2.75) is 77.8 Å². The molecule has 0 spiro atoms. The van der Waals surface area contributed by atoms with E-state index >= 15 is 4.39 Å². The molecule has 254 valence electrons. The molecule has 2 aromatic rings. The first-order valence-corrected chi connectivity index (χ1v) is 17.7. The third kappa shape index (κ3) is 8.68. The van der Waals surface area contributed by atoms with Crippen LogP contribution in [-0.4, -0.2) is 97.3 Å². The second-order valence-corrected chi connectivity index (χ2v) is 14.6. The van der Waals surface area contributed by atoms with Gasteiger partial charge < -0.3 is 20.4 Å². The van der Waals surface area contributed by atoms with Crippen LogP contribution in [0.2, 0.25) is 0 Å². The van der Waals surface area contributed by atoms with Gasteiger partial charge in [0, 0.05) is 32.1 Å². The summed E-state index contributed by atoms with van der Waals surface area (Å²) in [6, 6.07) is 2.07. The first-order valence-electron chi connectivity index (χ1n) is 16.0. The van der Waals surface area contributed by atoms with Crippen LogP contribution in [0.4, 0.5) is 10.1 Å². The van der Waals surface area contributed by atoms with E-state index in [2.05, 4.69) is 37.5 Å². The van der Waals surface area contributed by atoms with E-state index in [4.69, 9.17) is 4.63 Å². The lowest BCUT2D eigenvalue weighted by Gasteiger charge is -2.36. The molecule has 1 aromatic carbocycles. The predicted molar refractivity (Wildman–Crippen MR) is 170 cm³/mol. The highest BCUT2D eigenvalue weighted by Gasteiger charge is 2.36. The lowest BCUT2D eigenvalue weighted by molar-refractivity contribution is -0.135. The quantitative estimate of drug-likeness (QED) is 0.309. The Morgan fingerprint density at radius 1 is 1.07 bits per heavy atom. The van der Waals surface area contributed by atoms with Crippen LogP contribution >= 0.6 is 0 Å². The van der Waals surface area contributed by atoms with Crippen LogP contribution < -0.4 is 15.4 Å². The molecule has 0 unspecified atom stereocenters. The molecule has 3 N–H and O–H groups in total. The number of rotatable bonds is 12. The van der Waals surface area contributed by atoms with E-state index in [0.29, 0.717) is 62.6 Å². The Morgan fingerprint density at radius 3 is 2.35 bits per heavy atom. The Hall–Kier alpha value is -3.43. The molecule has 15 heteroatoms. The van der Waals surface area contributed by atoms with Crippen molar-refractivity contribution in [1.82, 2.24) is 30.2 Å². The van der Waals surface area contributed by atoms with Gasteiger partial charge in [-0.05, 0) is 67.9 Å². The largest absolute Gasteiger partial charge is 0.339 e. The van der Waals surface area contributed by atoms with E-state index in [9.17, 15) is 22.8 Å². The number of amides is 3. The number of hydrogen-bond acceptors (Lipinski definition) is 9. The van der Waals surface area contributed by atoms with Crippen molar-refractivity contribution in [3.05, 3.63) is 41.0 Å². The number of aromatic nitrogens is 2. The molecular weight excluding hydrogens is 617 g/mol. The predicted octanol–water partition coefficient (Wildman–Crippen LogP) is 2.52. The summed E-state index contributed by atoms with van der Waals surface area (Å²) >= 11 is 0. The van der Waals surface area contributed by atoms with Crippen molar-refractivity contribution in [2.24, 2.45) is 11.8 Å². The lowest BCUT2D eigenvalue weighted by atomic mass is 9.79. The van der Waals surface area contributed by atoms with Crippen LogP contribution in [0, 0.1) is 17.7 Å². The van der Waals surface area contributed by atoms with Gasteiger partial charge in [-0.1, -0.05) is 44.8 Å². The average molecular weight is 664 g/mol. The molecule has 2 aliphatic rings. The lowest BCUT2D eigenvalue weighted by Crippen LogP contribution is -2.55. The maximum absolute atomic E-state index is 15.6. The molecule has 1 saturated carbocycles. The number of aryl methyl sites for hydroxylation is 1. The molecule has 4 rings (SSSR count). The molecule has 1 aliphatic carbocycles. The molecule has 0 radical (unpaired) electrons. The molecule has 13 nitrogen and oxygen atoms in total. The van der Waals surface area contributed by atoms with Crippen LogP contribution in [0.25, 0.3) is 0 Å². The number of carbonyl (C=O) groups excluding carboxylic acids is 3. The first-order chi connectivity index (χ1) is 21.8. The van der Waals surface area contributed by atoms with E-state index < -0.39 is 45.7 Å². The zero-order valence-corrected chi connectivity index (χ0v) is 28.0. The number of hydrogen-bond donors (Lipinski definition) is 3. The van der Waals surface area contributed by atoms with Crippen LogP contribution in [0.15, 0.2) is 22.8 Å². The summed E-state index contributed by atoms with van der Waals surface area (Å²) in [4.78, 5) is 44.0. The monoisotopic (exact) mass is 663 g/mol. The molecular formula is C31H46FN7O6S. The third-order valence-electron chi connectivity index (χ3n) is 9.25. The third-order valence-corrected chi connectivity index (χ3v) is 10.6. The summed E-state index contributed by atoms with van der Waals surface area (Å²) in [6.45, 7) is 9.33. The SMILES string of the molecule is CCc1nonc1C(=O)N[C@H](C(=O)Nc1ccc([C@H](C)[C@@H](NS(=O)(=O)CC)C(=O)N2CCN(C)CC2)cc1F)[C@H]1CC[C@H](C)CC1. The van der Waals surface area contributed by atoms with Crippen LogP contribution in [0.1, 0.15) is 81.0 Å². The molecule has 3 atom stereocenters. The van der Waals surface area contributed by atoms with Gasteiger partial charge in [-0.15, -0.1) is 0 Å². The Labute approximate surface area is 270 Å². The summed E-state index contributed by atoms with van der Waals surface area (Å²) in [5, 5.41) is 12.9. The zero-order valence-electron chi connectivity index (χ0n) is 27.2. The second kappa shape index (κ2) is 15.4. The maximum atomic E-state index is 15.6. The number of anilines is 1. The molecule has 3 amide bonds. The normalized spacial score (nSPS) is 21.3. The second-order valence-electron chi connectivity index (χ2n) is 12.5. The van der Waals surface area contributed by atoms with Crippen LogP contribution in [-0.2, 0) is 26.0 Å². The number of sulfonamides is 1. The van der Waals surface area contributed by atoms with Crippen molar-refractivity contribution in [3.63, 3.8) is 0 Å². The van der Waals surface area contributed by atoms with Crippen molar-refractivity contribution < 1.29 is 31.8 Å². The summed E-state index contributed by atoms with van der Waals surface area (Å²) in [5.74, 6) is -2.87. The Balaban J connectivity index is 1.54. The first kappa shape index (κ1) is 35.4. The average Bonchev–Trinajstić information content (AvgIpc) is 3.53. The highest BCUT2D eigenvalue weighted by atomic mass is 32.2. The van der Waals surface area contributed by atoms with E-state index in [1.165, 1.54) is 19.1 Å². The van der Waals surface area contributed by atoms with Gasteiger partial charge in [-0.25, -0.2) is 22.2 Å². The van der Waals surface area contributed by atoms with Gasteiger partial charge in [0.25, 0.3) is 5.91 Å². The van der Waals surface area contributed by atoms with Crippen LogP contribution in [0.3, 0.4) is 0 Å². The summed E-state index contributed by atoms with van der Waals surface area (Å²) in [6.07, 6.45) is 3.64. The van der Waals surface area contributed by atoms with Gasteiger partial charge in [0.1, 0.15) is 23.6 Å². The van der Waals surface area contributed by atoms with E-state index in [1.54, 1.807) is 24.8 Å². The molecule has 2 fully saturated rings. The van der Waals surface area contributed by atoms with Gasteiger partial charge in [0.2, 0.25) is 21.8 Å². The topological polar surface area (TPSA) is 167 Å². The van der Waals surface area contributed by atoms with Gasteiger partial charge >= 0.3 is 0 Å². The number of carbonyl (C=O) groups is 3. The van der Waals surface area contributed by atoms with E-state index in [1.807, 2.05) is 7.05 Å². The molecule has 46 heavy (non-hydrogen) atoms. The highest BCUT2D eigenvalue weighted by Crippen LogP contribution is 2.32. The molecule has 1 aromatic heterocycles. The number of halogens is 1. The number of benzene rings is 1. The summed E-state index contributed by atoms with van der Waals surface area (Å²) in [5.41, 5.74) is 0.667. The summed E-state index contributed by atoms with van der Waals surface area (Å²) < 4.78 is 48.0. The fraction of sp³-hybridized carbons (Fsp3) is 0.645. The van der Waals surface area contributed by atoms with Crippen LogP contribution in [0.5, 0.6) is 0 Å². The smallest absolute Gasteiger partial charge is 0.276 e. The van der Waals surface area contributed by atoms with E-state index in [-0.39, 0.29) is 29.0 Å². The standard InChI is InChI=1S/C31H46FN7O6S/c1-6-24-28(36-45-35-24)30(41)34-27(21-10-8-19(3)9-11-21)29(40)33-25-13-12-22(18-23(25)32)20(4)26(37-46(43,44)7-2)31(42)39-16-14-38(5)15-17-39/h12-13,18-21,26-27,37H,6-11,14-17H2,1-5H3,(H,33,40)(H,34,41)/t19-,20-,21-,26+,27-/m0/s1. The van der Waals surface area contributed by atoms with Gasteiger partial charge in [0.15, 0.2) is 5.69 Å². The highest BCUT2D eigenvalue weighted by molar-refractivity contribution is 7.89. The Kier molecular flexibility index (Phi) is 11.9. The van der Waals surface area contributed by atoms with E-state index in [0.717, 1.165) is 12.8 Å². The van der Waals surface area contributed by atoms with Crippen molar-refractivity contribution in [3.8, 4) is 0 Å². The number of nitrogens with zero attached hydrogens (tertiary/aromatic N) is 4. The number of likely N-dealkylation sites (N-methyl/N-ethyl adjacent to an activating group) is 1. The fourth-order valence-corrected chi connectivity index (χ4v) is 6.88. The number of piperazine rings is 1. The Bertz CT molecular complexity index is 1490. The summed E-state index contributed by atoms with van der Waals surface area (Å²) in [7, 11) is -1.81. The molecule has 2 heterocycles. The minimum Gasteiger partial charge on any atom is -0.339 e.